The maximum absolute atomic E-state index is 12.7. The van der Waals surface area contributed by atoms with Crippen LogP contribution in [-0.2, 0) is 4.79 Å². The summed E-state index contributed by atoms with van der Waals surface area (Å²) in [6, 6.07) is 4.35. The van der Waals surface area contributed by atoms with Crippen LogP contribution in [0.15, 0.2) is 30.4 Å². The Morgan fingerprint density at radius 1 is 1.11 bits per heavy atom. The van der Waals surface area contributed by atoms with E-state index < -0.39 is 6.04 Å². The van der Waals surface area contributed by atoms with Crippen LogP contribution in [0.4, 0.5) is 0 Å². The lowest BCUT2D eigenvalue weighted by Crippen LogP contribution is -2.50. The molecule has 1 aliphatic carbocycles. The fraction of sp³-hybridized carbons (Fsp3) is 0.524. The Morgan fingerprint density at radius 3 is 2.30 bits per heavy atom. The van der Waals surface area contributed by atoms with Gasteiger partial charge in [0.15, 0.2) is 0 Å². The molecule has 0 saturated carbocycles. The average Bonchev–Trinajstić information content (AvgIpc) is 2.70. The second-order valence-corrected chi connectivity index (χ2v) is 7.19. The first-order valence-corrected chi connectivity index (χ1v) is 9.41. The third-order valence-corrected chi connectivity index (χ3v) is 4.79. The Hall–Kier alpha value is -2.50. The van der Waals surface area contributed by atoms with E-state index in [9.17, 15) is 9.59 Å². The molecule has 2 amide bonds. The number of methoxy groups -OCH3 is 2. The summed E-state index contributed by atoms with van der Waals surface area (Å²) in [5.74, 6) is 0.994. The van der Waals surface area contributed by atoms with E-state index in [0.717, 1.165) is 19.3 Å². The minimum atomic E-state index is -0.603. The molecule has 2 atom stereocenters. The number of ether oxygens (including phenoxy) is 2. The van der Waals surface area contributed by atoms with Crippen molar-refractivity contribution >= 4 is 11.8 Å². The molecule has 0 fully saturated rings. The van der Waals surface area contributed by atoms with Crippen LogP contribution in [0.3, 0.4) is 0 Å². The van der Waals surface area contributed by atoms with Crippen molar-refractivity contribution in [1.82, 2.24) is 10.6 Å². The Morgan fingerprint density at radius 2 is 1.78 bits per heavy atom. The summed E-state index contributed by atoms with van der Waals surface area (Å²) >= 11 is 0. The molecule has 2 rings (SSSR count). The van der Waals surface area contributed by atoms with Gasteiger partial charge in [-0.25, -0.2) is 0 Å². The van der Waals surface area contributed by atoms with Gasteiger partial charge in [0, 0.05) is 18.2 Å². The van der Waals surface area contributed by atoms with Gasteiger partial charge in [-0.05, 0) is 43.2 Å². The van der Waals surface area contributed by atoms with Gasteiger partial charge < -0.3 is 20.1 Å². The molecule has 1 aromatic carbocycles. The molecule has 0 heterocycles. The highest BCUT2D eigenvalue weighted by atomic mass is 16.5. The summed E-state index contributed by atoms with van der Waals surface area (Å²) in [5, 5.41) is 5.85. The van der Waals surface area contributed by atoms with Gasteiger partial charge in [0.05, 0.1) is 14.2 Å². The highest BCUT2D eigenvalue weighted by Gasteiger charge is 2.25. The number of hydrogen-bond acceptors (Lipinski definition) is 4. The molecule has 0 spiro atoms. The normalized spacial score (nSPS) is 17.3. The first-order chi connectivity index (χ1) is 12.9. The van der Waals surface area contributed by atoms with Crippen LogP contribution in [0.25, 0.3) is 0 Å². The second-order valence-electron chi connectivity index (χ2n) is 7.19. The molecule has 0 saturated heterocycles. The van der Waals surface area contributed by atoms with Crippen molar-refractivity contribution in [1.29, 1.82) is 0 Å². The average molecular weight is 374 g/mol. The van der Waals surface area contributed by atoms with E-state index in [1.807, 2.05) is 13.8 Å². The molecule has 1 aliphatic rings. The van der Waals surface area contributed by atoms with Gasteiger partial charge in [-0.15, -0.1) is 0 Å². The number of carbonyl (C=O) groups is 2. The highest BCUT2D eigenvalue weighted by Crippen LogP contribution is 2.23. The predicted octanol–water partition coefficient (Wildman–Crippen LogP) is 2.93. The number of amides is 2. The van der Waals surface area contributed by atoms with Gasteiger partial charge in [-0.2, -0.15) is 0 Å². The summed E-state index contributed by atoms with van der Waals surface area (Å²) < 4.78 is 10.4. The molecule has 2 N–H and O–H groups in total. The zero-order valence-corrected chi connectivity index (χ0v) is 16.6. The lowest BCUT2D eigenvalue weighted by molar-refractivity contribution is -0.124. The van der Waals surface area contributed by atoms with Crippen LogP contribution in [0.5, 0.6) is 11.5 Å². The fourth-order valence-electron chi connectivity index (χ4n) is 3.09. The number of benzene rings is 1. The number of nitrogens with one attached hydrogen (secondary N) is 2. The minimum Gasteiger partial charge on any atom is -0.497 e. The topological polar surface area (TPSA) is 76.7 Å². The zero-order chi connectivity index (χ0) is 19.8. The quantitative estimate of drug-likeness (QED) is 0.686. The minimum absolute atomic E-state index is 0.0345. The van der Waals surface area contributed by atoms with Crippen molar-refractivity contribution in [2.75, 3.05) is 20.8 Å². The Labute approximate surface area is 161 Å². The van der Waals surface area contributed by atoms with E-state index in [1.54, 1.807) is 18.2 Å². The van der Waals surface area contributed by atoms with E-state index >= 15 is 0 Å². The van der Waals surface area contributed by atoms with Crippen molar-refractivity contribution in [3.8, 4) is 11.5 Å². The summed E-state index contributed by atoms with van der Waals surface area (Å²) in [7, 11) is 3.06. The maximum Gasteiger partial charge on any atom is 0.252 e. The first kappa shape index (κ1) is 20.8. The summed E-state index contributed by atoms with van der Waals surface area (Å²) in [5.41, 5.74) is 0.391. The fourth-order valence-corrected chi connectivity index (χ4v) is 3.09. The molecule has 6 nitrogen and oxygen atoms in total. The Kier molecular flexibility index (Phi) is 7.70. The maximum atomic E-state index is 12.7. The van der Waals surface area contributed by atoms with Crippen LogP contribution in [0.2, 0.25) is 0 Å². The van der Waals surface area contributed by atoms with E-state index in [1.165, 1.54) is 14.2 Å². The largest absolute Gasteiger partial charge is 0.497 e. The molecule has 1 aromatic rings. The Bertz CT molecular complexity index is 663. The zero-order valence-electron chi connectivity index (χ0n) is 16.6. The lowest BCUT2D eigenvalue weighted by Gasteiger charge is -2.24. The smallest absolute Gasteiger partial charge is 0.252 e. The monoisotopic (exact) mass is 374 g/mol. The number of hydrogen-bond donors (Lipinski definition) is 2. The first-order valence-electron chi connectivity index (χ1n) is 9.41. The molecule has 148 valence electrons. The molecule has 2 unspecified atom stereocenters. The molecule has 27 heavy (non-hydrogen) atoms. The van der Waals surface area contributed by atoms with Gasteiger partial charge in [0.2, 0.25) is 5.91 Å². The van der Waals surface area contributed by atoms with E-state index in [-0.39, 0.29) is 17.7 Å². The van der Waals surface area contributed by atoms with Crippen LogP contribution in [-0.4, -0.2) is 38.6 Å². The third kappa shape index (κ3) is 6.01. The molecule has 0 aliphatic heterocycles. The van der Waals surface area contributed by atoms with Gasteiger partial charge in [-0.1, -0.05) is 26.0 Å². The van der Waals surface area contributed by atoms with Crippen molar-refractivity contribution in [3.05, 3.63) is 35.9 Å². The van der Waals surface area contributed by atoms with Crippen molar-refractivity contribution in [3.63, 3.8) is 0 Å². The van der Waals surface area contributed by atoms with Gasteiger partial charge in [0.25, 0.3) is 5.91 Å². The number of carbonyl (C=O) groups excluding carboxylic acids is 2. The molecule has 0 bridgehead atoms. The highest BCUT2D eigenvalue weighted by molar-refractivity contribution is 5.98. The van der Waals surface area contributed by atoms with E-state index in [4.69, 9.17) is 9.47 Å². The van der Waals surface area contributed by atoms with Crippen LogP contribution < -0.4 is 20.1 Å². The van der Waals surface area contributed by atoms with Gasteiger partial charge in [0.1, 0.15) is 17.5 Å². The summed E-state index contributed by atoms with van der Waals surface area (Å²) in [4.78, 5) is 25.3. The van der Waals surface area contributed by atoms with E-state index in [2.05, 4.69) is 22.8 Å². The van der Waals surface area contributed by atoms with Crippen LogP contribution in [0.1, 0.15) is 43.5 Å². The second kappa shape index (κ2) is 10.00. The summed E-state index contributed by atoms with van der Waals surface area (Å²) in [6.07, 6.45) is 7.47. The van der Waals surface area contributed by atoms with Crippen molar-refractivity contribution in [2.24, 2.45) is 11.8 Å². The molecular formula is C21H30N2O4. The third-order valence-electron chi connectivity index (χ3n) is 4.79. The number of rotatable bonds is 8. The van der Waals surface area contributed by atoms with Crippen LogP contribution >= 0.6 is 0 Å². The van der Waals surface area contributed by atoms with Crippen molar-refractivity contribution in [2.45, 2.75) is 39.2 Å². The Balaban J connectivity index is 2.02. The predicted molar refractivity (Wildman–Crippen MR) is 105 cm³/mol. The molecule has 0 radical (unpaired) electrons. The molecule has 0 aromatic heterocycles. The van der Waals surface area contributed by atoms with Gasteiger partial charge >= 0.3 is 0 Å². The van der Waals surface area contributed by atoms with Gasteiger partial charge in [-0.3, -0.25) is 9.59 Å². The van der Waals surface area contributed by atoms with Crippen LogP contribution in [0, 0.1) is 11.8 Å². The van der Waals surface area contributed by atoms with Crippen molar-refractivity contribution < 1.29 is 19.1 Å². The summed E-state index contributed by atoms with van der Waals surface area (Å²) in [6.45, 7) is 4.47. The number of allylic oxidation sites excluding steroid dienone is 2. The van der Waals surface area contributed by atoms with E-state index in [0.29, 0.717) is 29.5 Å². The molecule has 6 heteroatoms. The standard InChI is InChI=1S/C21H30N2O4/c1-14(2)19(21(25)22-13-15-8-6-5-7-9-15)23-20(24)16-10-17(26-3)12-18(11-16)27-4/h5-6,10-12,14-15,19H,7-9,13H2,1-4H3,(H,22,25)(H,23,24). The molecular weight excluding hydrogens is 344 g/mol. The SMILES string of the molecule is COc1cc(OC)cc(C(=O)NC(C(=O)NCC2CC=CCC2)C(C)C)c1. The lowest BCUT2D eigenvalue weighted by atomic mass is 9.94.